The molecule has 1 aliphatic rings. The van der Waals surface area contributed by atoms with Crippen LogP contribution in [-0.2, 0) is 34.1 Å². The molecule has 7 nitrogen and oxygen atoms in total. The molecule has 214 valence electrons. The Labute approximate surface area is 240 Å². The molecule has 0 amide bonds. The molecule has 8 heteroatoms. The van der Waals surface area contributed by atoms with Gasteiger partial charge in [0.25, 0.3) is 0 Å². The highest BCUT2D eigenvalue weighted by Crippen LogP contribution is 2.34. The highest BCUT2D eigenvalue weighted by Gasteiger charge is 2.30. The SMILES string of the molecule is CCCCCCc1cc2c3c(c(=O)oc2cc1OC(=O)[C@@H](NS(=O)(=O)c1ccc(C)cc1)c1ccccc1)CCC3. The van der Waals surface area contributed by atoms with E-state index in [2.05, 4.69) is 11.6 Å². The Morgan fingerprint density at radius 3 is 2.44 bits per heavy atom. The topological polar surface area (TPSA) is 103 Å². The number of fused-ring (bicyclic) bond motifs is 3. The summed E-state index contributed by atoms with van der Waals surface area (Å²) >= 11 is 0. The van der Waals surface area contributed by atoms with Gasteiger partial charge in [-0.05, 0) is 73.9 Å². The van der Waals surface area contributed by atoms with Crippen LogP contribution >= 0.6 is 0 Å². The first-order valence-electron chi connectivity index (χ1n) is 14.2. The van der Waals surface area contributed by atoms with E-state index in [4.69, 9.17) is 9.15 Å². The molecular formula is C33H35NO6S. The third kappa shape index (κ3) is 6.44. The van der Waals surface area contributed by atoms with Crippen molar-refractivity contribution in [3.05, 3.63) is 105 Å². The Hall–Kier alpha value is -3.75. The number of aryl methyl sites for hydroxylation is 3. The molecule has 5 rings (SSSR count). The number of ether oxygens (including phenoxy) is 1. The molecule has 0 aliphatic heterocycles. The second kappa shape index (κ2) is 12.4. The summed E-state index contributed by atoms with van der Waals surface area (Å²) in [5.74, 6) is -0.500. The first kappa shape index (κ1) is 28.8. The third-order valence-corrected chi connectivity index (χ3v) is 9.08. The van der Waals surface area contributed by atoms with Gasteiger partial charge in [-0.2, -0.15) is 4.72 Å². The first-order valence-corrected chi connectivity index (χ1v) is 15.7. The molecule has 0 radical (unpaired) electrons. The number of nitrogens with one attached hydrogen (secondary N) is 1. The zero-order valence-electron chi connectivity index (χ0n) is 23.4. The molecule has 3 aromatic carbocycles. The normalized spacial score (nSPS) is 13.7. The number of esters is 1. The maximum absolute atomic E-state index is 13.8. The van der Waals surface area contributed by atoms with Crippen molar-refractivity contribution in [2.75, 3.05) is 0 Å². The number of hydrogen-bond acceptors (Lipinski definition) is 6. The second-order valence-electron chi connectivity index (χ2n) is 10.7. The lowest BCUT2D eigenvalue weighted by molar-refractivity contribution is -0.136. The second-order valence-corrected chi connectivity index (χ2v) is 12.4. The van der Waals surface area contributed by atoms with Gasteiger partial charge in [0, 0.05) is 17.0 Å². The largest absolute Gasteiger partial charge is 0.425 e. The summed E-state index contributed by atoms with van der Waals surface area (Å²) in [5, 5.41) is 0.877. The summed E-state index contributed by atoms with van der Waals surface area (Å²) in [6, 6.07) is 17.3. The first-order chi connectivity index (χ1) is 19.8. The van der Waals surface area contributed by atoms with Crippen LogP contribution in [-0.4, -0.2) is 14.4 Å². The van der Waals surface area contributed by atoms with Crippen molar-refractivity contribution in [2.45, 2.75) is 76.2 Å². The van der Waals surface area contributed by atoms with Gasteiger partial charge in [0.15, 0.2) is 0 Å². The number of unbranched alkanes of at least 4 members (excludes halogenated alkanes) is 3. The standard InChI is InChI=1S/C33H35NO6S/c1-3-4-5-7-13-24-20-28-26-14-10-15-27(26)32(35)40-30(28)21-29(24)39-33(36)31(23-11-8-6-9-12-23)34-41(37,38)25-18-16-22(2)17-19-25/h6,8-9,11-12,16-21,31,34H,3-5,7,10,13-15H2,1-2H3/t31-/m0/s1. The number of sulfonamides is 1. The number of hydrogen-bond donors (Lipinski definition) is 1. The van der Waals surface area contributed by atoms with E-state index in [-0.39, 0.29) is 16.3 Å². The monoisotopic (exact) mass is 573 g/mol. The van der Waals surface area contributed by atoms with E-state index in [0.29, 0.717) is 24.0 Å². The summed E-state index contributed by atoms with van der Waals surface area (Å²) in [6.07, 6.45) is 7.23. The van der Waals surface area contributed by atoms with E-state index in [9.17, 15) is 18.0 Å². The predicted octanol–water partition coefficient (Wildman–Crippen LogP) is 6.34. The van der Waals surface area contributed by atoms with Crippen LogP contribution in [0.4, 0.5) is 0 Å². The molecule has 41 heavy (non-hydrogen) atoms. The lowest BCUT2D eigenvalue weighted by Gasteiger charge is -2.20. The van der Waals surface area contributed by atoms with Gasteiger partial charge < -0.3 is 9.15 Å². The van der Waals surface area contributed by atoms with E-state index in [1.807, 2.05) is 13.0 Å². The molecule has 1 aromatic heterocycles. The average molecular weight is 574 g/mol. The summed E-state index contributed by atoms with van der Waals surface area (Å²) in [6.45, 7) is 4.02. The highest BCUT2D eigenvalue weighted by molar-refractivity contribution is 7.89. The van der Waals surface area contributed by atoms with Gasteiger partial charge >= 0.3 is 11.6 Å². The van der Waals surface area contributed by atoms with Crippen LogP contribution < -0.4 is 15.1 Å². The Morgan fingerprint density at radius 2 is 1.71 bits per heavy atom. The van der Waals surface area contributed by atoms with Gasteiger partial charge in [0.1, 0.15) is 17.4 Å². The maximum atomic E-state index is 13.8. The van der Waals surface area contributed by atoms with Crippen LogP contribution in [0.2, 0.25) is 0 Å². The van der Waals surface area contributed by atoms with Gasteiger partial charge in [0.05, 0.1) is 4.90 Å². The van der Waals surface area contributed by atoms with Gasteiger partial charge in [-0.15, -0.1) is 0 Å². The fourth-order valence-corrected chi connectivity index (χ4v) is 6.57. The van der Waals surface area contributed by atoms with E-state index in [0.717, 1.165) is 66.2 Å². The quantitative estimate of drug-likeness (QED) is 0.0973. The lowest BCUT2D eigenvalue weighted by atomic mass is 9.99. The van der Waals surface area contributed by atoms with Crippen LogP contribution in [0, 0.1) is 6.92 Å². The minimum atomic E-state index is -4.05. The van der Waals surface area contributed by atoms with Crippen molar-refractivity contribution in [3.63, 3.8) is 0 Å². The van der Waals surface area contributed by atoms with Crippen LogP contribution in [0.1, 0.15) is 72.9 Å². The van der Waals surface area contributed by atoms with Gasteiger partial charge in [-0.1, -0.05) is 74.2 Å². The molecule has 0 fully saturated rings. The number of carbonyl (C=O) groups excluding carboxylic acids is 1. The summed E-state index contributed by atoms with van der Waals surface area (Å²) in [7, 11) is -4.05. The van der Waals surface area contributed by atoms with Gasteiger partial charge in [-0.25, -0.2) is 18.0 Å². The minimum Gasteiger partial charge on any atom is -0.425 e. The molecule has 1 aliphatic carbocycles. The molecule has 1 atom stereocenters. The zero-order valence-corrected chi connectivity index (χ0v) is 24.3. The molecule has 1 heterocycles. The van der Waals surface area contributed by atoms with Crippen LogP contribution in [0.15, 0.2) is 80.8 Å². The smallest absolute Gasteiger partial charge is 0.339 e. The molecule has 1 N–H and O–H groups in total. The molecule has 0 unspecified atom stereocenters. The lowest BCUT2D eigenvalue weighted by Crippen LogP contribution is -2.36. The Kier molecular flexibility index (Phi) is 8.71. The van der Waals surface area contributed by atoms with Crippen LogP contribution in [0.3, 0.4) is 0 Å². The van der Waals surface area contributed by atoms with Gasteiger partial charge in [0.2, 0.25) is 10.0 Å². The van der Waals surface area contributed by atoms with Crippen molar-refractivity contribution < 1.29 is 22.4 Å². The highest BCUT2D eigenvalue weighted by atomic mass is 32.2. The van der Waals surface area contributed by atoms with Crippen molar-refractivity contribution in [3.8, 4) is 5.75 Å². The van der Waals surface area contributed by atoms with Crippen molar-refractivity contribution in [1.82, 2.24) is 4.72 Å². The van der Waals surface area contributed by atoms with Crippen LogP contribution in [0.25, 0.3) is 11.0 Å². The van der Waals surface area contributed by atoms with Crippen molar-refractivity contribution in [1.29, 1.82) is 0 Å². The number of carbonyl (C=O) groups is 1. The average Bonchev–Trinajstić information content (AvgIpc) is 3.46. The Bertz CT molecular complexity index is 1710. The molecule has 0 spiro atoms. The van der Waals surface area contributed by atoms with E-state index < -0.39 is 22.0 Å². The van der Waals surface area contributed by atoms with Crippen molar-refractivity contribution in [2.24, 2.45) is 0 Å². The van der Waals surface area contributed by atoms with E-state index >= 15 is 0 Å². The summed E-state index contributed by atoms with van der Waals surface area (Å²) in [4.78, 5) is 26.4. The maximum Gasteiger partial charge on any atom is 0.339 e. The Balaban J connectivity index is 1.52. The molecule has 4 aromatic rings. The fourth-order valence-electron chi connectivity index (χ4n) is 5.39. The molecular weight excluding hydrogens is 538 g/mol. The Morgan fingerprint density at radius 1 is 0.976 bits per heavy atom. The zero-order chi connectivity index (χ0) is 29.0. The number of benzene rings is 3. The summed E-state index contributed by atoms with van der Waals surface area (Å²) in [5.41, 5.74) is 3.95. The van der Waals surface area contributed by atoms with E-state index in [1.165, 1.54) is 12.1 Å². The molecule has 0 bridgehead atoms. The minimum absolute atomic E-state index is 0.0507. The molecule has 0 saturated carbocycles. The predicted molar refractivity (Wildman–Crippen MR) is 159 cm³/mol. The van der Waals surface area contributed by atoms with Crippen molar-refractivity contribution >= 4 is 27.0 Å². The van der Waals surface area contributed by atoms with Gasteiger partial charge in [-0.3, -0.25) is 0 Å². The fraction of sp³-hybridized carbons (Fsp3) is 0.333. The summed E-state index contributed by atoms with van der Waals surface area (Å²) < 4.78 is 40.8. The van der Waals surface area contributed by atoms with E-state index in [1.54, 1.807) is 48.5 Å². The molecule has 0 saturated heterocycles. The number of rotatable bonds is 11. The van der Waals surface area contributed by atoms with Crippen LogP contribution in [0.5, 0.6) is 5.75 Å². The third-order valence-electron chi connectivity index (χ3n) is 7.64.